The quantitative estimate of drug-likeness (QED) is 0.496. The van der Waals surface area contributed by atoms with E-state index in [-0.39, 0.29) is 12.1 Å². The number of benzene rings is 3. The number of alkyl halides is 3. The molecule has 0 amide bonds. The number of para-hydroxylation sites is 1. The van der Waals surface area contributed by atoms with E-state index < -0.39 is 17.7 Å². The molecule has 0 aliphatic rings. The molecule has 0 spiro atoms. The summed E-state index contributed by atoms with van der Waals surface area (Å²) in [5.74, 6) is -1.08. The molecule has 0 unspecified atom stereocenters. The molecule has 0 aliphatic carbocycles. The maximum absolute atomic E-state index is 13.6. The van der Waals surface area contributed by atoms with Crippen molar-refractivity contribution in [2.45, 2.75) is 12.7 Å². The van der Waals surface area contributed by atoms with Crippen LogP contribution in [0.4, 0.5) is 18.9 Å². The molecule has 0 heterocycles. The third-order valence-electron chi connectivity index (χ3n) is 4.32. The smallest absolute Gasteiger partial charge is 0.417 e. The van der Waals surface area contributed by atoms with Crippen LogP contribution in [0, 0.1) is 0 Å². The molecular formula is C23H18F3NO2. The highest BCUT2D eigenvalue weighted by atomic mass is 19.4. The number of nitrogens with one attached hydrogen (secondary N) is 1. The zero-order valence-electron chi connectivity index (χ0n) is 15.3. The van der Waals surface area contributed by atoms with Gasteiger partial charge in [-0.2, -0.15) is 13.2 Å². The van der Waals surface area contributed by atoms with Gasteiger partial charge in [0.05, 0.1) is 5.56 Å². The van der Waals surface area contributed by atoms with Crippen LogP contribution in [0.1, 0.15) is 16.7 Å². The molecule has 6 heteroatoms. The second-order valence-electron chi connectivity index (χ2n) is 6.36. The second-order valence-corrected chi connectivity index (χ2v) is 6.36. The number of hydrogen-bond acceptors (Lipinski definition) is 2. The minimum Gasteiger partial charge on any atom is -0.478 e. The average Bonchev–Trinajstić information content (AvgIpc) is 2.71. The topological polar surface area (TPSA) is 49.3 Å². The SMILES string of the molecule is O=C(O)C=Cc1ccccc1NCc1ccc(-c2ccccc2)c(C(F)(F)F)c1. The molecule has 148 valence electrons. The maximum Gasteiger partial charge on any atom is 0.417 e. The van der Waals surface area contributed by atoms with E-state index in [1.165, 1.54) is 12.1 Å². The highest BCUT2D eigenvalue weighted by molar-refractivity contribution is 5.86. The Labute approximate surface area is 166 Å². The van der Waals surface area contributed by atoms with Crippen molar-refractivity contribution in [1.29, 1.82) is 0 Å². The van der Waals surface area contributed by atoms with Gasteiger partial charge in [0.1, 0.15) is 0 Å². The lowest BCUT2D eigenvalue weighted by Gasteiger charge is -2.16. The van der Waals surface area contributed by atoms with Crippen LogP contribution in [-0.2, 0) is 17.5 Å². The van der Waals surface area contributed by atoms with Crippen LogP contribution in [0.3, 0.4) is 0 Å². The summed E-state index contributed by atoms with van der Waals surface area (Å²) < 4.78 is 40.9. The van der Waals surface area contributed by atoms with Gasteiger partial charge in [-0.25, -0.2) is 4.79 Å². The average molecular weight is 397 g/mol. The fraction of sp³-hybridized carbons (Fsp3) is 0.0870. The van der Waals surface area contributed by atoms with Crippen molar-refractivity contribution in [2.75, 3.05) is 5.32 Å². The minimum absolute atomic E-state index is 0.131. The van der Waals surface area contributed by atoms with Crippen molar-refractivity contribution < 1.29 is 23.1 Å². The van der Waals surface area contributed by atoms with Crippen molar-refractivity contribution >= 4 is 17.7 Å². The van der Waals surface area contributed by atoms with Crippen LogP contribution < -0.4 is 5.32 Å². The Hall–Kier alpha value is -3.54. The van der Waals surface area contributed by atoms with Crippen molar-refractivity contribution in [1.82, 2.24) is 0 Å². The molecule has 3 nitrogen and oxygen atoms in total. The summed E-state index contributed by atoms with van der Waals surface area (Å²) in [6.07, 6.45) is -2.04. The molecule has 0 atom stereocenters. The summed E-state index contributed by atoms with van der Waals surface area (Å²) in [6, 6.07) is 19.7. The molecule has 29 heavy (non-hydrogen) atoms. The zero-order chi connectivity index (χ0) is 20.9. The van der Waals surface area contributed by atoms with Gasteiger partial charge >= 0.3 is 12.1 Å². The van der Waals surface area contributed by atoms with Crippen LogP contribution in [-0.4, -0.2) is 11.1 Å². The molecule has 0 aromatic heterocycles. The number of hydrogen-bond donors (Lipinski definition) is 2. The fourth-order valence-electron chi connectivity index (χ4n) is 2.97. The summed E-state index contributed by atoms with van der Waals surface area (Å²) in [6.45, 7) is 0.163. The van der Waals surface area contributed by atoms with Gasteiger partial charge in [0.25, 0.3) is 0 Å². The number of carboxylic acid groups (broad SMARTS) is 1. The van der Waals surface area contributed by atoms with Crippen LogP contribution in [0.5, 0.6) is 0 Å². The molecule has 0 fully saturated rings. The van der Waals surface area contributed by atoms with Gasteiger partial charge < -0.3 is 10.4 Å². The highest BCUT2D eigenvalue weighted by Crippen LogP contribution is 2.37. The van der Waals surface area contributed by atoms with E-state index in [9.17, 15) is 18.0 Å². The van der Waals surface area contributed by atoms with E-state index in [1.54, 1.807) is 60.7 Å². The Morgan fingerprint density at radius 3 is 2.34 bits per heavy atom. The first kappa shape index (κ1) is 20.2. The zero-order valence-corrected chi connectivity index (χ0v) is 15.3. The summed E-state index contributed by atoms with van der Waals surface area (Å²) in [5.41, 5.74) is 1.67. The van der Waals surface area contributed by atoms with Gasteiger partial charge in [-0.15, -0.1) is 0 Å². The lowest BCUT2D eigenvalue weighted by molar-refractivity contribution is -0.137. The van der Waals surface area contributed by atoms with E-state index in [2.05, 4.69) is 5.32 Å². The van der Waals surface area contributed by atoms with Gasteiger partial charge in [0.15, 0.2) is 0 Å². The molecule has 0 radical (unpaired) electrons. The number of rotatable bonds is 6. The fourth-order valence-corrected chi connectivity index (χ4v) is 2.97. The van der Waals surface area contributed by atoms with Gasteiger partial charge in [-0.3, -0.25) is 0 Å². The lowest BCUT2D eigenvalue weighted by atomic mass is 9.97. The first-order chi connectivity index (χ1) is 13.8. The third kappa shape index (κ3) is 5.25. The predicted molar refractivity (Wildman–Crippen MR) is 107 cm³/mol. The Balaban J connectivity index is 1.87. The maximum atomic E-state index is 13.6. The molecule has 2 N–H and O–H groups in total. The molecule has 3 rings (SSSR count). The number of carbonyl (C=O) groups is 1. The Morgan fingerprint density at radius 1 is 0.966 bits per heavy atom. The normalized spacial score (nSPS) is 11.6. The first-order valence-electron chi connectivity index (χ1n) is 8.84. The van der Waals surface area contributed by atoms with Crippen LogP contribution in [0.2, 0.25) is 0 Å². The van der Waals surface area contributed by atoms with Gasteiger partial charge in [-0.1, -0.05) is 60.7 Å². The monoisotopic (exact) mass is 397 g/mol. The Kier molecular flexibility index (Phi) is 6.02. The summed E-state index contributed by atoms with van der Waals surface area (Å²) >= 11 is 0. The third-order valence-corrected chi connectivity index (χ3v) is 4.32. The van der Waals surface area contributed by atoms with Crippen molar-refractivity contribution in [3.63, 3.8) is 0 Å². The van der Waals surface area contributed by atoms with Gasteiger partial charge in [0.2, 0.25) is 0 Å². The van der Waals surface area contributed by atoms with Crippen molar-refractivity contribution in [3.05, 3.63) is 95.6 Å². The van der Waals surface area contributed by atoms with Crippen LogP contribution in [0.15, 0.2) is 78.9 Å². The van der Waals surface area contributed by atoms with Gasteiger partial charge in [0, 0.05) is 18.3 Å². The van der Waals surface area contributed by atoms with E-state index in [0.717, 1.165) is 12.1 Å². The first-order valence-corrected chi connectivity index (χ1v) is 8.84. The Morgan fingerprint density at radius 2 is 1.66 bits per heavy atom. The van der Waals surface area contributed by atoms with Crippen LogP contribution in [0.25, 0.3) is 17.2 Å². The summed E-state index contributed by atoms with van der Waals surface area (Å²) in [7, 11) is 0. The Bertz CT molecular complexity index is 1030. The lowest BCUT2D eigenvalue weighted by Crippen LogP contribution is -2.09. The summed E-state index contributed by atoms with van der Waals surface area (Å²) in [5, 5.41) is 11.9. The molecular weight excluding hydrogens is 379 g/mol. The number of halogens is 3. The van der Waals surface area contributed by atoms with Crippen LogP contribution >= 0.6 is 0 Å². The molecule has 0 aliphatic heterocycles. The standard InChI is InChI=1S/C23H18F3NO2/c24-23(25,26)20-14-16(10-12-19(20)17-6-2-1-3-7-17)15-27-21-9-5-4-8-18(21)11-13-22(28)29/h1-14,27H,15H2,(H,28,29). The molecule has 3 aromatic carbocycles. The highest BCUT2D eigenvalue weighted by Gasteiger charge is 2.33. The van der Waals surface area contributed by atoms with Crippen molar-refractivity contribution in [2.24, 2.45) is 0 Å². The largest absolute Gasteiger partial charge is 0.478 e. The predicted octanol–water partition coefficient (Wildman–Crippen LogP) is 6.08. The van der Waals surface area contributed by atoms with Crippen molar-refractivity contribution in [3.8, 4) is 11.1 Å². The molecule has 0 saturated heterocycles. The van der Waals surface area contributed by atoms with E-state index in [4.69, 9.17) is 5.11 Å². The number of anilines is 1. The van der Waals surface area contributed by atoms with E-state index in [1.807, 2.05) is 0 Å². The molecule has 0 saturated carbocycles. The minimum atomic E-state index is -4.48. The summed E-state index contributed by atoms with van der Waals surface area (Å²) in [4.78, 5) is 10.7. The molecule has 0 bridgehead atoms. The van der Waals surface area contributed by atoms with E-state index >= 15 is 0 Å². The number of aliphatic carboxylic acids is 1. The molecule has 3 aromatic rings. The second kappa shape index (κ2) is 8.65. The number of carboxylic acids is 1. The van der Waals surface area contributed by atoms with E-state index in [0.29, 0.717) is 22.4 Å². The van der Waals surface area contributed by atoms with Gasteiger partial charge in [-0.05, 0) is 40.5 Å².